The van der Waals surface area contributed by atoms with Gasteiger partial charge in [0.15, 0.2) is 0 Å². The molecule has 94 valence electrons. The number of amides is 1. The molecule has 4 heteroatoms. The molecule has 3 N–H and O–H groups in total. The first-order chi connectivity index (χ1) is 7.69. The van der Waals surface area contributed by atoms with E-state index in [1.165, 1.54) is 0 Å². The predicted octanol–water partition coefficient (Wildman–Crippen LogP) is 1.05. The van der Waals surface area contributed by atoms with Crippen LogP contribution in [0.4, 0.5) is 0 Å². The van der Waals surface area contributed by atoms with Gasteiger partial charge in [-0.05, 0) is 31.7 Å². The number of hydrogen-bond acceptors (Lipinski definition) is 3. The zero-order chi connectivity index (χ0) is 12.0. The van der Waals surface area contributed by atoms with Crippen molar-refractivity contribution in [2.75, 3.05) is 13.7 Å². The molecule has 0 bridgehead atoms. The van der Waals surface area contributed by atoms with Crippen LogP contribution in [-0.2, 0) is 9.53 Å². The molecule has 1 aliphatic rings. The lowest BCUT2D eigenvalue weighted by atomic mass is 10.0. The molecule has 0 aromatic heterocycles. The normalized spacial score (nSPS) is 26.7. The van der Waals surface area contributed by atoms with Crippen LogP contribution in [0.1, 0.15) is 39.0 Å². The van der Waals surface area contributed by atoms with Gasteiger partial charge in [-0.3, -0.25) is 4.79 Å². The lowest BCUT2D eigenvalue weighted by Gasteiger charge is -2.16. The van der Waals surface area contributed by atoms with Gasteiger partial charge >= 0.3 is 0 Å². The van der Waals surface area contributed by atoms with E-state index in [-0.39, 0.29) is 5.91 Å². The summed E-state index contributed by atoms with van der Waals surface area (Å²) in [7, 11) is 1.73. The highest BCUT2D eigenvalue weighted by Gasteiger charge is 2.25. The van der Waals surface area contributed by atoms with E-state index in [4.69, 9.17) is 10.5 Å². The molecular formula is C12H24N2O2. The molecular weight excluding hydrogens is 204 g/mol. The van der Waals surface area contributed by atoms with Gasteiger partial charge in [0.1, 0.15) is 0 Å². The van der Waals surface area contributed by atoms with Gasteiger partial charge in [0.25, 0.3) is 0 Å². The number of carbonyl (C=O) groups excluding carboxylic acids is 1. The summed E-state index contributed by atoms with van der Waals surface area (Å²) < 4.78 is 5.28. The van der Waals surface area contributed by atoms with Crippen molar-refractivity contribution in [3.05, 3.63) is 0 Å². The maximum absolute atomic E-state index is 11.7. The van der Waals surface area contributed by atoms with Crippen LogP contribution in [0.15, 0.2) is 0 Å². The summed E-state index contributed by atoms with van der Waals surface area (Å²) in [5, 5.41) is 3.07. The molecule has 0 saturated heterocycles. The van der Waals surface area contributed by atoms with Crippen molar-refractivity contribution < 1.29 is 9.53 Å². The molecule has 4 nitrogen and oxygen atoms in total. The molecule has 1 rings (SSSR count). The molecule has 0 aromatic carbocycles. The molecule has 16 heavy (non-hydrogen) atoms. The van der Waals surface area contributed by atoms with Crippen LogP contribution in [-0.4, -0.2) is 31.7 Å². The van der Waals surface area contributed by atoms with Crippen LogP contribution in [0.2, 0.25) is 0 Å². The van der Waals surface area contributed by atoms with Crippen molar-refractivity contribution in [1.82, 2.24) is 5.32 Å². The molecule has 0 spiro atoms. The maximum atomic E-state index is 11.7. The zero-order valence-electron chi connectivity index (χ0n) is 10.4. The van der Waals surface area contributed by atoms with Gasteiger partial charge in [-0.25, -0.2) is 0 Å². The first-order valence-corrected chi connectivity index (χ1v) is 6.21. The van der Waals surface area contributed by atoms with Gasteiger partial charge in [-0.2, -0.15) is 0 Å². The Morgan fingerprint density at radius 3 is 2.81 bits per heavy atom. The van der Waals surface area contributed by atoms with Crippen molar-refractivity contribution >= 4 is 5.91 Å². The Labute approximate surface area is 97.9 Å². The SMILES string of the molecule is CCC(CN)CC(=O)NC1CCC(OC)C1. The number of hydrogen-bond donors (Lipinski definition) is 2. The third kappa shape index (κ3) is 4.10. The van der Waals surface area contributed by atoms with Crippen molar-refractivity contribution in [3.63, 3.8) is 0 Å². The third-order valence-corrected chi connectivity index (χ3v) is 3.47. The summed E-state index contributed by atoms with van der Waals surface area (Å²) in [6.07, 6.45) is 4.87. The van der Waals surface area contributed by atoms with Crippen molar-refractivity contribution in [1.29, 1.82) is 0 Å². The second-order valence-electron chi connectivity index (χ2n) is 4.65. The fraction of sp³-hybridized carbons (Fsp3) is 0.917. The minimum Gasteiger partial charge on any atom is -0.381 e. The average molecular weight is 228 g/mol. The van der Waals surface area contributed by atoms with E-state index in [0.717, 1.165) is 25.7 Å². The molecule has 0 aliphatic heterocycles. The molecule has 1 fully saturated rings. The lowest BCUT2D eigenvalue weighted by molar-refractivity contribution is -0.122. The van der Waals surface area contributed by atoms with E-state index in [0.29, 0.717) is 31.0 Å². The monoisotopic (exact) mass is 228 g/mol. The molecule has 3 unspecified atom stereocenters. The minimum atomic E-state index is 0.138. The van der Waals surface area contributed by atoms with Crippen LogP contribution in [0.3, 0.4) is 0 Å². The average Bonchev–Trinajstić information content (AvgIpc) is 2.73. The Morgan fingerprint density at radius 1 is 1.56 bits per heavy atom. The summed E-state index contributed by atoms with van der Waals surface area (Å²) in [6, 6.07) is 0.299. The van der Waals surface area contributed by atoms with E-state index in [9.17, 15) is 4.79 Å². The first kappa shape index (κ1) is 13.5. The smallest absolute Gasteiger partial charge is 0.220 e. The minimum absolute atomic E-state index is 0.138. The molecule has 3 atom stereocenters. The topological polar surface area (TPSA) is 64.4 Å². The van der Waals surface area contributed by atoms with Crippen LogP contribution >= 0.6 is 0 Å². The van der Waals surface area contributed by atoms with Gasteiger partial charge in [-0.1, -0.05) is 13.3 Å². The maximum Gasteiger partial charge on any atom is 0.220 e. The Bertz CT molecular complexity index is 217. The van der Waals surface area contributed by atoms with E-state index >= 15 is 0 Å². The number of nitrogens with one attached hydrogen (secondary N) is 1. The van der Waals surface area contributed by atoms with Gasteiger partial charge in [0, 0.05) is 19.6 Å². The summed E-state index contributed by atoms with van der Waals surface area (Å²) in [6.45, 7) is 2.66. The summed E-state index contributed by atoms with van der Waals surface area (Å²) in [5.74, 6) is 0.457. The number of ether oxygens (including phenoxy) is 1. The van der Waals surface area contributed by atoms with Crippen LogP contribution in [0.5, 0.6) is 0 Å². The van der Waals surface area contributed by atoms with Gasteiger partial charge in [0.05, 0.1) is 6.10 Å². The van der Waals surface area contributed by atoms with Crippen molar-refractivity contribution in [2.24, 2.45) is 11.7 Å². The highest BCUT2D eigenvalue weighted by atomic mass is 16.5. The second-order valence-corrected chi connectivity index (χ2v) is 4.65. The van der Waals surface area contributed by atoms with Crippen LogP contribution < -0.4 is 11.1 Å². The third-order valence-electron chi connectivity index (χ3n) is 3.47. The fourth-order valence-electron chi connectivity index (χ4n) is 2.23. The highest BCUT2D eigenvalue weighted by molar-refractivity contribution is 5.76. The van der Waals surface area contributed by atoms with Gasteiger partial charge in [-0.15, -0.1) is 0 Å². The Balaban J connectivity index is 2.24. The molecule has 1 amide bonds. The first-order valence-electron chi connectivity index (χ1n) is 6.21. The highest BCUT2D eigenvalue weighted by Crippen LogP contribution is 2.21. The van der Waals surface area contributed by atoms with E-state index in [2.05, 4.69) is 12.2 Å². The standard InChI is InChI=1S/C12H24N2O2/c1-3-9(8-13)6-12(15)14-10-4-5-11(7-10)16-2/h9-11H,3-8,13H2,1-2H3,(H,14,15). The number of carbonyl (C=O) groups is 1. The van der Waals surface area contributed by atoms with E-state index < -0.39 is 0 Å². The quantitative estimate of drug-likeness (QED) is 0.714. The van der Waals surface area contributed by atoms with Crippen molar-refractivity contribution in [3.8, 4) is 0 Å². The number of rotatable bonds is 6. The summed E-state index contributed by atoms with van der Waals surface area (Å²) in [4.78, 5) is 11.7. The fourth-order valence-corrected chi connectivity index (χ4v) is 2.23. The molecule has 0 radical (unpaired) electrons. The largest absolute Gasteiger partial charge is 0.381 e. The van der Waals surface area contributed by atoms with Crippen molar-refractivity contribution in [2.45, 2.75) is 51.2 Å². The number of methoxy groups -OCH3 is 1. The number of nitrogens with two attached hydrogens (primary N) is 1. The van der Waals surface area contributed by atoms with Gasteiger partial charge < -0.3 is 15.8 Å². The molecule has 1 aliphatic carbocycles. The Morgan fingerprint density at radius 2 is 2.31 bits per heavy atom. The molecule has 1 saturated carbocycles. The van der Waals surface area contributed by atoms with E-state index in [1.54, 1.807) is 7.11 Å². The zero-order valence-corrected chi connectivity index (χ0v) is 10.4. The van der Waals surface area contributed by atoms with Crippen LogP contribution in [0.25, 0.3) is 0 Å². The lowest BCUT2D eigenvalue weighted by Crippen LogP contribution is -2.35. The molecule has 0 aromatic rings. The Hall–Kier alpha value is -0.610. The predicted molar refractivity (Wildman–Crippen MR) is 64.0 cm³/mol. The van der Waals surface area contributed by atoms with E-state index in [1.807, 2.05) is 0 Å². The summed E-state index contributed by atoms with van der Waals surface area (Å²) >= 11 is 0. The van der Waals surface area contributed by atoms with Crippen LogP contribution in [0, 0.1) is 5.92 Å². The summed E-state index contributed by atoms with van der Waals surface area (Å²) in [5.41, 5.74) is 5.58. The second kappa shape index (κ2) is 6.86. The molecule has 0 heterocycles. The van der Waals surface area contributed by atoms with Gasteiger partial charge in [0.2, 0.25) is 5.91 Å². The Kier molecular flexibility index (Phi) is 5.77.